The summed E-state index contributed by atoms with van der Waals surface area (Å²) < 4.78 is 30.2. The van der Waals surface area contributed by atoms with E-state index in [0.717, 1.165) is 5.56 Å². The molecule has 0 spiro atoms. The molecule has 0 bridgehead atoms. The Labute approximate surface area is 236 Å². The van der Waals surface area contributed by atoms with Crippen LogP contribution in [0.3, 0.4) is 0 Å². The summed E-state index contributed by atoms with van der Waals surface area (Å²) in [4.78, 5) is 12.3. The van der Waals surface area contributed by atoms with Crippen molar-refractivity contribution in [2.75, 3.05) is 20.8 Å². The van der Waals surface area contributed by atoms with Gasteiger partial charge in [-0.1, -0.05) is 32.9 Å². The molecular formula is C29H40BrNO6Si. The molecule has 0 fully saturated rings. The van der Waals surface area contributed by atoms with Gasteiger partial charge >= 0.3 is 5.97 Å². The van der Waals surface area contributed by atoms with Crippen molar-refractivity contribution in [1.82, 2.24) is 0 Å². The van der Waals surface area contributed by atoms with Crippen molar-refractivity contribution in [3.63, 3.8) is 0 Å². The average molecular weight is 607 g/mol. The first-order chi connectivity index (χ1) is 17.6. The van der Waals surface area contributed by atoms with E-state index in [1.165, 1.54) is 0 Å². The molecule has 0 radical (unpaired) electrons. The number of carbonyl (C=O) groups excluding carboxylic acids is 1. The molecule has 7 nitrogen and oxygen atoms in total. The van der Waals surface area contributed by atoms with Crippen LogP contribution in [0.15, 0.2) is 40.9 Å². The largest absolute Gasteiger partial charge is 0.496 e. The number of ether oxygens (including phenoxy) is 4. The van der Waals surface area contributed by atoms with Crippen molar-refractivity contribution in [2.24, 2.45) is 0 Å². The minimum absolute atomic E-state index is 0.155. The Morgan fingerprint density at radius 3 is 2.08 bits per heavy atom. The van der Waals surface area contributed by atoms with Gasteiger partial charge in [0.05, 0.1) is 30.9 Å². The van der Waals surface area contributed by atoms with Gasteiger partial charge in [0.15, 0.2) is 19.5 Å². The maximum Gasteiger partial charge on any atom is 0.349 e. The van der Waals surface area contributed by atoms with Gasteiger partial charge in [0.1, 0.15) is 23.3 Å². The number of hydrogen-bond acceptors (Lipinski definition) is 7. The van der Waals surface area contributed by atoms with Crippen molar-refractivity contribution in [3.05, 3.63) is 52.0 Å². The van der Waals surface area contributed by atoms with Gasteiger partial charge in [-0.05, 0) is 84.7 Å². The first kappa shape index (κ1) is 31.7. The van der Waals surface area contributed by atoms with Gasteiger partial charge in [0.2, 0.25) is 0 Å². The number of halogens is 1. The van der Waals surface area contributed by atoms with Gasteiger partial charge in [0, 0.05) is 6.42 Å². The number of nitrogens with zero attached hydrogens (tertiary/aromatic N) is 1. The molecule has 208 valence electrons. The van der Waals surface area contributed by atoms with E-state index in [1.807, 2.05) is 18.2 Å². The van der Waals surface area contributed by atoms with Crippen LogP contribution in [0.1, 0.15) is 52.7 Å². The van der Waals surface area contributed by atoms with Crippen LogP contribution in [-0.4, -0.2) is 40.7 Å². The van der Waals surface area contributed by atoms with E-state index in [0.29, 0.717) is 27.3 Å². The summed E-state index contributed by atoms with van der Waals surface area (Å²) in [5, 5.41) is 10.7. The van der Waals surface area contributed by atoms with Crippen molar-refractivity contribution < 1.29 is 28.2 Å². The van der Waals surface area contributed by atoms with E-state index in [1.54, 1.807) is 53.2 Å². The minimum atomic E-state index is -2.47. The Hall–Kier alpha value is -2.54. The molecule has 2 aromatic carbocycles. The standard InChI is InChI=1S/C29H40BrNO6Si/c1-11-35-26(32)28(5,6)36-21-14-12-20(13-15-21)18-29(19-31,37-38(9,10)27(2,3)4)24-23(33-7)17-16-22(30)25(24)34-8/h12-17H,11,18H2,1-10H3. The SMILES string of the molecule is CCOC(=O)C(C)(C)Oc1ccc(CC(C#N)(O[Si](C)(C)C(C)(C)C)c2c(OC)ccc(Br)c2OC)cc1. The molecule has 0 aliphatic carbocycles. The van der Waals surface area contributed by atoms with E-state index in [-0.39, 0.29) is 18.1 Å². The Morgan fingerprint density at radius 2 is 1.61 bits per heavy atom. The maximum atomic E-state index is 12.3. The number of nitriles is 1. The highest BCUT2D eigenvalue weighted by atomic mass is 79.9. The van der Waals surface area contributed by atoms with Crippen LogP contribution in [0, 0.1) is 11.3 Å². The summed E-state index contributed by atoms with van der Waals surface area (Å²) in [5.74, 6) is 1.06. The number of rotatable bonds is 11. The van der Waals surface area contributed by atoms with Gasteiger partial charge in [-0.15, -0.1) is 0 Å². The lowest BCUT2D eigenvalue weighted by atomic mass is 9.87. The monoisotopic (exact) mass is 605 g/mol. The summed E-state index contributed by atoms with van der Waals surface area (Å²) in [5.41, 5.74) is -1.17. The fourth-order valence-electron chi connectivity index (χ4n) is 3.78. The second-order valence-electron chi connectivity index (χ2n) is 11.1. The van der Waals surface area contributed by atoms with Gasteiger partial charge in [0.25, 0.3) is 0 Å². The minimum Gasteiger partial charge on any atom is -0.496 e. The third-order valence-electron chi connectivity index (χ3n) is 6.83. The first-order valence-corrected chi connectivity index (χ1v) is 16.2. The highest BCUT2D eigenvalue weighted by molar-refractivity contribution is 9.10. The molecule has 0 saturated carbocycles. The molecule has 0 amide bonds. The molecule has 1 unspecified atom stereocenters. The van der Waals surface area contributed by atoms with Crippen molar-refractivity contribution in [1.29, 1.82) is 5.26 Å². The van der Waals surface area contributed by atoms with Gasteiger partial charge in [-0.3, -0.25) is 0 Å². The summed E-state index contributed by atoms with van der Waals surface area (Å²) in [6, 6.07) is 13.4. The molecule has 0 saturated heterocycles. The number of benzene rings is 2. The van der Waals surface area contributed by atoms with Gasteiger partial charge in [-0.25, -0.2) is 4.79 Å². The molecular weight excluding hydrogens is 566 g/mol. The lowest BCUT2D eigenvalue weighted by Crippen LogP contribution is -2.49. The van der Waals surface area contributed by atoms with Crippen molar-refractivity contribution >= 4 is 30.2 Å². The Balaban J connectivity index is 2.62. The number of esters is 1. The molecule has 2 rings (SSSR count). The van der Waals surface area contributed by atoms with Crippen LogP contribution in [0.4, 0.5) is 0 Å². The predicted octanol–water partition coefficient (Wildman–Crippen LogP) is 7.17. The van der Waals surface area contributed by atoms with E-state index in [9.17, 15) is 10.1 Å². The average Bonchev–Trinajstić information content (AvgIpc) is 2.83. The quantitative estimate of drug-likeness (QED) is 0.198. The zero-order valence-corrected chi connectivity index (χ0v) is 26.7. The van der Waals surface area contributed by atoms with Gasteiger partial charge < -0.3 is 23.4 Å². The Morgan fingerprint density at radius 1 is 1.00 bits per heavy atom. The topological polar surface area (TPSA) is 87.0 Å². The van der Waals surface area contributed by atoms with Crippen molar-refractivity contribution in [3.8, 4) is 23.3 Å². The molecule has 1 atom stereocenters. The summed E-state index contributed by atoms with van der Waals surface area (Å²) in [7, 11) is 0.657. The molecule has 38 heavy (non-hydrogen) atoms. The summed E-state index contributed by atoms with van der Waals surface area (Å²) in [6.07, 6.45) is 0.237. The smallest absolute Gasteiger partial charge is 0.349 e. The van der Waals surface area contributed by atoms with E-state index < -0.39 is 25.5 Å². The highest BCUT2D eigenvalue weighted by Crippen LogP contribution is 2.49. The third kappa shape index (κ3) is 6.90. The van der Waals surface area contributed by atoms with E-state index in [4.69, 9.17) is 23.4 Å². The number of carbonyl (C=O) groups is 1. The molecule has 2 aromatic rings. The molecule has 0 heterocycles. The summed E-state index contributed by atoms with van der Waals surface area (Å²) in [6.45, 7) is 16.0. The van der Waals surface area contributed by atoms with Crippen LogP contribution in [0.5, 0.6) is 17.2 Å². The third-order valence-corrected chi connectivity index (χ3v) is 11.9. The lowest BCUT2D eigenvalue weighted by Gasteiger charge is -2.43. The Bertz CT molecular complexity index is 1170. The summed E-state index contributed by atoms with van der Waals surface area (Å²) >= 11 is 3.57. The second kappa shape index (κ2) is 12.1. The molecule has 0 N–H and O–H groups in total. The van der Waals surface area contributed by atoms with Crippen molar-refractivity contribution in [2.45, 2.75) is 77.3 Å². The lowest BCUT2D eigenvalue weighted by molar-refractivity contribution is -0.158. The fraction of sp³-hybridized carbons (Fsp3) is 0.517. The second-order valence-corrected chi connectivity index (χ2v) is 16.7. The zero-order valence-electron chi connectivity index (χ0n) is 24.2. The van der Waals surface area contributed by atoms with E-state index >= 15 is 0 Å². The van der Waals surface area contributed by atoms with Gasteiger partial charge in [-0.2, -0.15) is 5.26 Å². The molecule has 0 aliphatic heterocycles. The molecule has 0 aliphatic rings. The van der Waals surface area contributed by atoms with Crippen LogP contribution >= 0.6 is 15.9 Å². The normalized spacial score (nSPS) is 13.7. The highest BCUT2D eigenvalue weighted by Gasteiger charge is 2.49. The van der Waals surface area contributed by atoms with Crippen LogP contribution in [0.25, 0.3) is 0 Å². The van der Waals surface area contributed by atoms with Crippen LogP contribution in [0.2, 0.25) is 18.1 Å². The molecule has 0 aromatic heterocycles. The first-order valence-electron chi connectivity index (χ1n) is 12.5. The Kier molecular flexibility index (Phi) is 10.1. The fourth-order valence-corrected chi connectivity index (χ4v) is 5.67. The maximum absolute atomic E-state index is 12.3. The van der Waals surface area contributed by atoms with Crippen LogP contribution in [-0.2, 0) is 26.0 Å². The number of methoxy groups -OCH3 is 2. The number of hydrogen-bond donors (Lipinski definition) is 0. The zero-order chi connectivity index (χ0) is 28.9. The molecule has 9 heteroatoms. The van der Waals surface area contributed by atoms with Crippen LogP contribution < -0.4 is 14.2 Å². The predicted molar refractivity (Wildman–Crippen MR) is 154 cm³/mol. The van der Waals surface area contributed by atoms with E-state index in [2.05, 4.69) is 55.9 Å².